The zero-order valence-electron chi connectivity index (χ0n) is 14.8. The maximum Gasteiger partial charge on any atom is 0.267 e. The van der Waals surface area contributed by atoms with Gasteiger partial charge in [0.25, 0.3) is 5.91 Å². The standard InChI is InChI=1S/C19H16F3N3OS/c1-10-17(27-19(23-10)11-4-6-12(20)7-5-11)18(26)24-13-8-14(21)16(25(2)3)15(22)9-13/h4-9H,1-3H3,(H,24,26). The molecule has 140 valence electrons. The van der Waals surface area contributed by atoms with Crippen LogP contribution in [0.3, 0.4) is 0 Å². The average molecular weight is 391 g/mol. The third-order valence-electron chi connectivity index (χ3n) is 3.82. The Morgan fingerprint density at radius 3 is 2.22 bits per heavy atom. The number of aromatic nitrogens is 1. The number of anilines is 2. The minimum atomic E-state index is -0.775. The minimum absolute atomic E-state index is 0.0109. The number of halogens is 3. The molecule has 0 aliphatic rings. The lowest BCUT2D eigenvalue weighted by molar-refractivity contribution is 0.103. The molecule has 0 aliphatic heterocycles. The number of hydrogen-bond acceptors (Lipinski definition) is 4. The number of rotatable bonds is 4. The molecule has 3 aromatic rings. The molecule has 0 spiro atoms. The van der Waals surface area contributed by atoms with E-state index in [-0.39, 0.29) is 17.2 Å². The summed E-state index contributed by atoms with van der Waals surface area (Å²) in [5.74, 6) is -2.43. The van der Waals surface area contributed by atoms with E-state index in [0.29, 0.717) is 21.1 Å². The van der Waals surface area contributed by atoms with Gasteiger partial charge in [-0.05, 0) is 43.3 Å². The molecule has 0 fully saturated rings. The van der Waals surface area contributed by atoms with Crippen molar-refractivity contribution in [1.82, 2.24) is 4.98 Å². The Kier molecular flexibility index (Phi) is 5.18. The molecule has 0 atom stereocenters. The van der Waals surface area contributed by atoms with Gasteiger partial charge in [0, 0.05) is 25.3 Å². The van der Waals surface area contributed by atoms with Gasteiger partial charge in [-0.3, -0.25) is 4.79 Å². The van der Waals surface area contributed by atoms with E-state index in [1.165, 1.54) is 31.1 Å². The predicted molar refractivity (Wildman–Crippen MR) is 101 cm³/mol. The van der Waals surface area contributed by atoms with E-state index in [2.05, 4.69) is 10.3 Å². The molecule has 27 heavy (non-hydrogen) atoms. The molecule has 3 rings (SSSR count). The summed E-state index contributed by atoms with van der Waals surface area (Å²) in [7, 11) is 3.05. The molecular formula is C19H16F3N3OS. The van der Waals surface area contributed by atoms with Crippen molar-refractivity contribution in [3.8, 4) is 10.6 Å². The molecule has 4 nitrogen and oxygen atoms in total. The Labute approximate surface area is 158 Å². The maximum atomic E-state index is 14.1. The first-order valence-corrected chi connectivity index (χ1v) is 8.79. The molecule has 0 aliphatic carbocycles. The number of amides is 1. The molecule has 0 saturated heterocycles. The van der Waals surface area contributed by atoms with E-state index in [1.807, 2.05) is 0 Å². The number of carbonyl (C=O) groups excluding carboxylic acids is 1. The smallest absolute Gasteiger partial charge is 0.267 e. The Hall–Kier alpha value is -2.87. The van der Waals surface area contributed by atoms with Crippen LogP contribution in [0.1, 0.15) is 15.4 Å². The highest BCUT2D eigenvalue weighted by Crippen LogP contribution is 2.30. The summed E-state index contributed by atoms with van der Waals surface area (Å²) in [5, 5.41) is 3.05. The van der Waals surface area contributed by atoms with Gasteiger partial charge in [0.05, 0.1) is 5.69 Å². The van der Waals surface area contributed by atoms with Crippen LogP contribution in [-0.4, -0.2) is 25.0 Å². The monoisotopic (exact) mass is 391 g/mol. The molecule has 1 aromatic heterocycles. The average Bonchev–Trinajstić information content (AvgIpc) is 2.96. The molecule has 1 N–H and O–H groups in total. The van der Waals surface area contributed by atoms with Gasteiger partial charge >= 0.3 is 0 Å². The van der Waals surface area contributed by atoms with Crippen molar-refractivity contribution in [2.45, 2.75) is 6.92 Å². The Balaban J connectivity index is 1.86. The van der Waals surface area contributed by atoms with Crippen LogP contribution in [0.15, 0.2) is 36.4 Å². The minimum Gasteiger partial charge on any atom is -0.373 e. The second-order valence-corrected chi connectivity index (χ2v) is 7.08. The number of thiazole rings is 1. The van der Waals surface area contributed by atoms with Gasteiger partial charge in [0.15, 0.2) is 11.6 Å². The van der Waals surface area contributed by atoms with Crippen LogP contribution in [0.2, 0.25) is 0 Å². The van der Waals surface area contributed by atoms with Gasteiger partial charge < -0.3 is 10.2 Å². The number of aryl methyl sites for hydroxylation is 1. The third-order valence-corrected chi connectivity index (χ3v) is 5.02. The van der Waals surface area contributed by atoms with E-state index in [4.69, 9.17) is 0 Å². The summed E-state index contributed by atoms with van der Waals surface area (Å²) in [4.78, 5) is 18.5. The Morgan fingerprint density at radius 2 is 1.67 bits per heavy atom. The van der Waals surface area contributed by atoms with E-state index in [0.717, 1.165) is 23.5 Å². The van der Waals surface area contributed by atoms with Crippen LogP contribution in [0, 0.1) is 24.4 Å². The summed E-state index contributed by atoms with van der Waals surface area (Å²) >= 11 is 1.12. The molecule has 0 radical (unpaired) electrons. The number of benzene rings is 2. The lowest BCUT2D eigenvalue weighted by Crippen LogP contribution is -2.15. The van der Waals surface area contributed by atoms with Gasteiger partial charge in [-0.1, -0.05) is 0 Å². The van der Waals surface area contributed by atoms with Crippen molar-refractivity contribution in [3.63, 3.8) is 0 Å². The number of hydrogen-bond donors (Lipinski definition) is 1. The molecule has 8 heteroatoms. The summed E-state index contributed by atoms with van der Waals surface area (Å²) in [6.45, 7) is 1.66. The fourth-order valence-electron chi connectivity index (χ4n) is 2.58. The van der Waals surface area contributed by atoms with Crippen molar-refractivity contribution in [1.29, 1.82) is 0 Å². The van der Waals surface area contributed by atoms with Crippen molar-refractivity contribution in [3.05, 3.63) is 64.4 Å². The van der Waals surface area contributed by atoms with Crippen LogP contribution in [0.4, 0.5) is 24.5 Å². The number of carbonyl (C=O) groups is 1. The van der Waals surface area contributed by atoms with E-state index in [9.17, 15) is 18.0 Å². The molecule has 1 amide bonds. The van der Waals surface area contributed by atoms with E-state index < -0.39 is 17.5 Å². The zero-order valence-corrected chi connectivity index (χ0v) is 15.6. The molecular weight excluding hydrogens is 375 g/mol. The lowest BCUT2D eigenvalue weighted by Gasteiger charge is -2.15. The third kappa shape index (κ3) is 3.95. The largest absolute Gasteiger partial charge is 0.373 e. The van der Waals surface area contributed by atoms with Gasteiger partial charge in [0.2, 0.25) is 0 Å². The fourth-order valence-corrected chi connectivity index (χ4v) is 3.54. The SMILES string of the molecule is Cc1nc(-c2ccc(F)cc2)sc1C(=O)Nc1cc(F)c(N(C)C)c(F)c1. The first-order chi connectivity index (χ1) is 12.8. The lowest BCUT2D eigenvalue weighted by atomic mass is 10.2. The molecule has 1 heterocycles. The van der Waals surface area contributed by atoms with E-state index >= 15 is 0 Å². The highest BCUT2D eigenvalue weighted by Gasteiger charge is 2.19. The van der Waals surface area contributed by atoms with Crippen LogP contribution < -0.4 is 10.2 Å². The highest BCUT2D eigenvalue weighted by molar-refractivity contribution is 7.17. The van der Waals surface area contributed by atoms with Crippen molar-refractivity contribution in [2.24, 2.45) is 0 Å². The van der Waals surface area contributed by atoms with Crippen LogP contribution in [0.5, 0.6) is 0 Å². The summed E-state index contributed by atoms with van der Waals surface area (Å²) in [6.07, 6.45) is 0. The van der Waals surface area contributed by atoms with Gasteiger partial charge in [-0.15, -0.1) is 11.3 Å². The maximum absolute atomic E-state index is 14.1. The van der Waals surface area contributed by atoms with Gasteiger partial charge in [-0.25, -0.2) is 18.2 Å². The Bertz CT molecular complexity index is 977. The summed E-state index contributed by atoms with van der Waals surface area (Å²) in [5.41, 5.74) is 0.982. The van der Waals surface area contributed by atoms with E-state index in [1.54, 1.807) is 19.1 Å². The summed E-state index contributed by atoms with van der Waals surface area (Å²) in [6, 6.07) is 7.88. The van der Waals surface area contributed by atoms with Crippen molar-refractivity contribution in [2.75, 3.05) is 24.3 Å². The van der Waals surface area contributed by atoms with Gasteiger partial charge in [0.1, 0.15) is 21.4 Å². The molecule has 2 aromatic carbocycles. The first-order valence-electron chi connectivity index (χ1n) is 7.97. The van der Waals surface area contributed by atoms with Crippen LogP contribution in [0.25, 0.3) is 10.6 Å². The van der Waals surface area contributed by atoms with Crippen molar-refractivity contribution < 1.29 is 18.0 Å². The highest BCUT2D eigenvalue weighted by atomic mass is 32.1. The van der Waals surface area contributed by atoms with Gasteiger partial charge in [-0.2, -0.15) is 0 Å². The fraction of sp³-hybridized carbons (Fsp3) is 0.158. The van der Waals surface area contributed by atoms with Crippen LogP contribution in [-0.2, 0) is 0 Å². The molecule has 0 unspecified atom stereocenters. The Morgan fingerprint density at radius 1 is 1.07 bits per heavy atom. The topological polar surface area (TPSA) is 45.2 Å². The summed E-state index contributed by atoms with van der Waals surface area (Å²) < 4.78 is 41.2. The second kappa shape index (κ2) is 7.40. The predicted octanol–water partition coefficient (Wildman–Crippen LogP) is 4.85. The number of nitrogens with zero attached hydrogens (tertiary/aromatic N) is 2. The van der Waals surface area contributed by atoms with Crippen molar-refractivity contribution >= 4 is 28.6 Å². The zero-order chi connectivity index (χ0) is 19.7. The quantitative estimate of drug-likeness (QED) is 0.691. The van der Waals surface area contributed by atoms with Crippen LogP contribution >= 0.6 is 11.3 Å². The second-order valence-electron chi connectivity index (χ2n) is 6.08. The first kappa shape index (κ1) is 18.9. The normalized spacial score (nSPS) is 10.7. The number of nitrogens with one attached hydrogen (secondary N) is 1. The molecule has 0 saturated carbocycles. The molecule has 0 bridgehead atoms.